The van der Waals surface area contributed by atoms with Gasteiger partial charge in [-0.05, 0) is 57.3 Å². The Hall–Kier alpha value is -1.03. The number of methoxy groups -OCH3 is 1. The molecule has 0 radical (unpaired) electrons. The van der Waals surface area contributed by atoms with Crippen molar-refractivity contribution in [3.8, 4) is 5.75 Å². The third-order valence-electron chi connectivity index (χ3n) is 4.13. The van der Waals surface area contributed by atoms with Crippen molar-refractivity contribution >= 4 is 21.9 Å². The number of hydrogen-bond acceptors (Lipinski definition) is 2. The molecule has 116 valence electrons. The van der Waals surface area contributed by atoms with Crippen molar-refractivity contribution in [3.63, 3.8) is 0 Å². The summed E-state index contributed by atoms with van der Waals surface area (Å²) in [4.78, 5) is 11.2. The Kier molecular flexibility index (Phi) is 4.66. The molecule has 1 aromatic rings. The maximum Gasteiger partial charge on any atom is 0.303 e. The maximum absolute atomic E-state index is 11.2. The SMILES string of the molecule is COc1c(Br)cc(C(C)(C)C)cc1C(CC(=O)O)C1CC1. The van der Waals surface area contributed by atoms with E-state index in [1.54, 1.807) is 7.11 Å². The molecule has 1 aliphatic carbocycles. The van der Waals surface area contributed by atoms with E-state index in [9.17, 15) is 9.90 Å². The molecule has 1 fully saturated rings. The highest BCUT2D eigenvalue weighted by molar-refractivity contribution is 9.10. The van der Waals surface area contributed by atoms with Crippen molar-refractivity contribution in [3.05, 3.63) is 27.7 Å². The van der Waals surface area contributed by atoms with Gasteiger partial charge in [-0.3, -0.25) is 4.79 Å². The molecule has 1 aliphatic rings. The summed E-state index contributed by atoms with van der Waals surface area (Å²) in [7, 11) is 1.64. The van der Waals surface area contributed by atoms with Crippen LogP contribution in [-0.2, 0) is 10.2 Å². The normalized spacial score (nSPS) is 16.6. The lowest BCUT2D eigenvalue weighted by Crippen LogP contribution is -2.15. The molecule has 1 aromatic carbocycles. The third kappa shape index (κ3) is 3.79. The van der Waals surface area contributed by atoms with E-state index in [1.165, 1.54) is 5.56 Å². The molecule has 0 spiro atoms. The summed E-state index contributed by atoms with van der Waals surface area (Å²) in [5.41, 5.74) is 2.24. The molecule has 1 atom stereocenters. The van der Waals surface area contributed by atoms with Crippen LogP contribution in [0.4, 0.5) is 0 Å². The lowest BCUT2D eigenvalue weighted by Gasteiger charge is -2.25. The highest BCUT2D eigenvalue weighted by atomic mass is 79.9. The van der Waals surface area contributed by atoms with Crippen LogP contribution >= 0.6 is 15.9 Å². The second-order valence-corrected chi connectivity index (χ2v) is 7.73. The highest BCUT2D eigenvalue weighted by Gasteiger charge is 2.36. The predicted molar refractivity (Wildman–Crippen MR) is 87.1 cm³/mol. The van der Waals surface area contributed by atoms with E-state index in [2.05, 4.69) is 48.8 Å². The second kappa shape index (κ2) is 5.99. The van der Waals surface area contributed by atoms with Gasteiger partial charge in [0, 0.05) is 5.92 Å². The van der Waals surface area contributed by atoms with Crippen LogP contribution in [-0.4, -0.2) is 18.2 Å². The molecule has 1 unspecified atom stereocenters. The van der Waals surface area contributed by atoms with Crippen LogP contribution in [0.1, 0.15) is 57.1 Å². The van der Waals surface area contributed by atoms with Crippen molar-refractivity contribution in [2.75, 3.05) is 7.11 Å². The van der Waals surface area contributed by atoms with Crippen molar-refractivity contribution in [1.29, 1.82) is 0 Å². The lowest BCUT2D eigenvalue weighted by atomic mass is 9.82. The van der Waals surface area contributed by atoms with Crippen molar-refractivity contribution in [2.24, 2.45) is 5.92 Å². The van der Waals surface area contributed by atoms with Gasteiger partial charge in [0.25, 0.3) is 0 Å². The van der Waals surface area contributed by atoms with E-state index in [0.29, 0.717) is 5.92 Å². The Morgan fingerprint density at radius 3 is 2.48 bits per heavy atom. The molecule has 0 bridgehead atoms. The zero-order chi connectivity index (χ0) is 15.8. The first kappa shape index (κ1) is 16.3. The third-order valence-corrected chi connectivity index (χ3v) is 4.72. The molecule has 1 N–H and O–H groups in total. The molecule has 21 heavy (non-hydrogen) atoms. The van der Waals surface area contributed by atoms with Crippen LogP contribution in [0.3, 0.4) is 0 Å². The molecule has 0 aliphatic heterocycles. The second-order valence-electron chi connectivity index (χ2n) is 6.87. The standard InChI is InChI=1S/C17H23BrO3/c1-17(2,3)11-7-13(16(21-4)14(18)8-11)12(9-15(19)20)10-5-6-10/h7-8,10,12H,5-6,9H2,1-4H3,(H,19,20). The number of halogens is 1. The molecule has 1 saturated carbocycles. The maximum atomic E-state index is 11.2. The van der Waals surface area contributed by atoms with Crippen LogP contribution in [0.2, 0.25) is 0 Å². The lowest BCUT2D eigenvalue weighted by molar-refractivity contribution is -0.137. The molecule has 0 saturated heterocycles. The van der Waals surface area contributed by atoms with E-state index in [-0.39, 0.29) is 17.8 Å². The average molecular weight is 355 g/mol. The molecule has 3 nitrogen and oxygen atoms in total. The average Bonchev–Trinajstić information content (AvgIpc) is 3.17. The number of rotatable bonds is 5. The topological polar surface area (TPSA) is 46.5 Å². The van der Waals surface area contributed by atoms with Gasteiger partial charge in [0.1, 0.15) is 5.75 Å². The number of carboxylic acid groups (broad SMARTS) is 1. The summed E-state index contributed by atoms with van der Waals surface area (Å²) >= 11 is 3.58. The van der Waals surface area contributed by atoms with Gasteiger partial charge in [0.2, 0.25) is 0 Å². The summed E-state index contributed by atoms with van der Waals surface area (Å²) < 4.78 is 6.45. The van der Waals surface area contributed by atoms with Gasteiger partial charge in [-0.15, -0.1) is 0 Å². The molecule has 0 heterocycles. The van der Waals surface area contributed by atoms with Gasteiger partial charge in [-0.25, -0.2) is 0 Å². The van der Waals surface area contributed by atoms with Crippen LogP contribution in [0.15, 0.2) is 16.6 Å². The quantitative estimate of drug-likeness (QED) is 0.831. The highest BCUT2D eigenvalue weighted by Crippen LogP contribution is 2.49. The zero-order valence-electron chi connectivity index (χ0n) is 13.1. The molecular formula is C17H23BrO3. The smallest absolute Gasteiger partial charge is 0.303 e. The van der Waals surface area contributed by atoms with Gasteiger partial charge in [-0.1, -0.05) is 26.8 Å². The van der Waals surface area contributed by atoms with Crippen LogP contribution in [0.5, 0.6) is 5.75 Å². The van der Waals surface area contributed by atoms with Crippen molar-refractivity contribution in [2.45, 2.75) is 51.4 Å². The van der Waals surface area contributed by atoms with Crippen LogP contribution < -0.4 is 4.74 Å². The Morgan fingerprint density at radius 2 is 2.05 bits per heavy atom. The van der Waals surface area contributed by atoms with Gasteiger partial charge in [0.15, 0.2) is 0 Å². The minimum atomic E-state index is -0.744. The van der Waals surface area contributed by atoms with E-state index in [0.717, 1.165) is 28.6 Å². The van der Waals surface area contributed by atoms with Crippen LogP contribution in [0.25, 0.3) is 0 Å². The Labute approximate surface area is 134 Å². The number of ether oxygens (including phenoxy) is 1. The summed E-state index contributed by atoms with van der Waals surface area (Å²) in [6, 6.07) is 4.21. The van der Waals surface area contributed by atoms with E-state index in [4.69, 9.17) is 4.74 Å². The fraction of sp³-hybridized carbons (Fsp3) is 0.588. The minimum Gasteiger partial charge on any atom is -0.495 e. The molecular weight excluding hydrogens is 332 g/mol. The fourth-order valence-electron chi connectivity index (χ4n) is 2.76. The summed E-state index contributed by atoms with van der Waals surface area (Å²) in [5, 5.41) is 9.23. The van der Waals surface area contributed by atoms with Crippen molar-refractivity contribution < 1.29 is 14.6 Å². The van der Waals surface area contributed by atoms with E-state index < -0.39 is 5.97 Å². The molecule has 0 amide bonds. The summed E-state index contributed by atoms with van der Waals surface area (Å²) in [6.45, 7) is 6.48. The zero-order valence-corrected chi connectivity index (χ0v) is 14.7. The van der Waals surface area contributed by atoms with Gasteiger partial charge >= 0.3 is 5.97 Å². The van der Waals surface area contributed by atoms with Gasteiger partial charge in [-0.2, -0.15) is 0 Å². The molecule has 2 rings (SSSR count). The largest absolute Gasteiger partial charge is 0.495 e. The predicted octanol–water partition coefficient (Wildman–Crippen LogP) is 4.72. The first-order valence-corrected chi connectivity index (χ1v) is 8.13. The summed E-state index contributed by atoms with van der Waals surface area (Å²) in [5.74, 6) is 0.542. The van der Waals surface area contributed by atoms with Gasteiger partial charge in [0.05, 0.1) is 18.0 Å². The number of hydrogen-bond donors (Lipinski definition) is 1. The van der Waals surface area contributed by atoms with E-state index >= 15 is 0 Å². The number of carbonyl (C=O) groups is 1. The van der Waals surface area contributed by atoms with E-state index in [1.807, 2.05) is 0 Å². The minimum absolute atomic E-state index is 0.0147. The fourth-order valence-corrected chi connectivity index (χ4v) is 3.39. The first-order valence-electron chi connectivity index (χ1n) is 7.33. The first-order chi connectivity index (χ1) is 9.74. The van der Waals surface area contributed by atoms with Gasteiger partial charge < -0.3 is 9.84 Å². The molecule has 4 heteroatoms. The molecule has 0 aromatic heterocycles. The number of carboxylic acids is 1. The Morgan fingerprint density at radius 1 is 1.43 bits per heavy atom. The van der Waals surface area contributed by atoms with Crippen LogP contribution in [0, 0.1) is 5.92 Å². The number of benzene rings is 1. The summed E-state index contributed by atoms with van der Waals surface area (Å²) in [6.07, 6.45) is 2.39. The Bertz CT molecular complexity index is 542. The Balaban J connectivity index is 2.52. The monoisotopic (exact) mass is 354 g/mol. The van der Waals surface area contributed by atoms with Crippen molar-refractivity contribution in [1.82, 2.24) is 0 Å². The number of aliphatic carboxylic acids is 1.